The van der Waals surface area contributed by atoms with Crippen molar-refractivity contribution >= 4 is 23.2 Å². The minimum Gasteiger partial charge on any atom is -0.454 e. The fraction of sp³-hybridized carbons (Fsp3) is 0.667. The van der Waals surface area contributed by atoms with Crippen molar-refractivity contribution in [2.24, 2.45) is 23.2 Å². The lowest BCUT2D eigenvalue weighted by Crippen LogP contribution is -2.58. The molecule has 2 heterocycles. The van der Waals surface area contributed by atoms with Gasteiger partial charge in [0.2, 0.25) is 12.7 Å². The van der Waals surface area contributed by atoms with Gasteiger partial charge in [-0.2, -0.15) is 0 Å². The van der Waals surface area contributed by atoms with Crippen LogP contribution in [0.5, 0.6) is 11.5 Å². The minimum absolute atomic E-state index is 0.139. The third kappa shape index (κ3) is 3.69. The summed E-state index contributed by atoms with van der Waals surface area (Å²) in [4.78, 5) is 17.9. The average molecular weight is 442 g/mol. The summed E-state index contributed by atoms with van der Waals surface area (Å²) in [5.74, 6) is 4.18. The van der Waals surface area contributed by atoms with Gasteiger partial charge in [0.05, 0.1) is 5.41 Å². The van der Waals surface area contributed by atoms with Crippen LogP contribution >= 0.6 is 12.2 Å². The summed E-state index contributed by atoms with van der Waals surface area (Å²) in [6.45, 7) is 4.76. The Morgan fingerprint density at radius 1 is 1.00 bits per heavy atom. The van der Waals surface area contributed by atoms with Crippen molar-refractivity contribution < 1.29 is 14.3 Å². The second-order valence-corrected chi connectivity index (χ2v) is 10.8. The van der Waals surface area contributed by atoms with Crippen molar-refractivity contribution in [3.63, 3.8) is 0 Å². The SMILES string of the molecule is O=C(NC(=S)N1CCN(Cc2ccc3c(c2)OCO3)CC1)C12CC3CC(CC(C3)C1)C2. The third-order valence-electron chi connectivity index (χ3n) is 8.24. The molecule has 6 nitrogen and oxygen atoms in total. The van der Waals surface area contributed by atoms with E-state index in [4.69, 9.17) is 21.7 Å². The molecule has 1 saturated heterocycles. The Morgan fingerprint density at radius 3 is 2.32 bits per heavy atom. The lowest BCUT2D eigenvalue weighted by atomic mass is 9.49. The molecule has 0 aromatic heterocycles. The molecule has 0 spiro atoms. The topological polar surface area (TPSA) is 54.0 Å². The maximum atomic E-state index is 13.3. The number of piperazine rings is 1. The number of carbonyl (C=O) groups is 1. The highest BCUT2D eigenvalue weighted by Gasteiger charge is 2.54. The molecule has 0 radical (unpaired) electrons. The van der Waals surface area contributed by atoms with Crippen LogP contribution in [0.3, 0.4) is 0 Å². The van der Waals surface area contributed by atoms with Gasteiger partial charge in [0.15, 0.2) is 16.6 Å². The minimum atomic E-state index is -0.139. The monoisotopic (exact) mass is 441 g/mol. The first-order chi connectivity index (χ1) is 15.1. The van der Waals surface area contributed by atoms with Gasteiger partial charge in [-0.3, -0.25) is 9.69 Å². The maximum Gasteiger partial charge on any atom is 0.232 e. The number of fused-ring (bicyclic) bond motifs is 1. The molecular weight excluding hydrogens is 410 g/mol. The highest BCUT2D eigenvalue weighted by Crippen LogP contribution is 2.60. The molecule has 4 saturated carbocycles. The van der Waals surface area contributed by atoms with Gasteiger partial charge in [-0.1, -0.05) is 6.07 Å². The first-order valence-corrected chi connectivity index (χ1v) is 12.2. The van der Waals surface area contributed by atoms with Crippen molar-refractivity contribution in [1.82, 2.24) is 15.1 Å². The van der Waals surface area contributed by atoms with Gasteiger partial charge >= 0.3 is 0 Å². The molecule has 7 rings (SSSR count). The number of nitrogens with one attached hydrogen (secondary N) is 1. The third-order valence-corrected chi connectivity index (χ3v) is 8.60. The van der Waals surface area contributed by atoms with Gasteiger partial charge in [0.1, 0.15) is 0 Å². The van der Waals surface area contributed by atoms with Crippen LogP contribution in [0.4, 0.5) is 0 Å². The van der Waals surface area contributed by atoms with E-state index in [1.165, 1.54) is 24.8 Å². The summed E-state index contributed by atoms with van der Waals surface area (Å²) < 4.78 is 10.9. The predicted octanol–water partition coefficient (Wildman–Crippen LogP) is 3.15. The summed E-state index contributed by atoms with van der Waals surface area (Å²) in [6.07, 6.45) is 7.29. The molecule has 0 atom stereocenters. The van der Waals surface area contributed by atoms with Crippen LogP contribution in [0.2, 0.25) is 0 Å². The molecule has 1 N–H and O–H groups in total. The van der Waals surface area contributed by atoms with E-state index in [0.717, 1.165) is 81.2 Å². The number of thiocarbonyl (C=S) groups is 1. The zero-order valence-electron chi connectivity index (χ0n) is 18.0. The Hall–Kier alpha value is -1.86. The maximum absolute atomic E-state index is 13.3. The Balaban J connectivity index is 1.02. The zero-order chi connectivity index (χ0) is 21.0. The molecule has 0 unspecified atom stereocenters. The molecule has 1 aromatic carbocycles. The van der Waals surface area contributed by atoms with E-state index in [1.54, 1.807) is 0 Å². The summed E-state index contributed by atoms with van der Waals surface area (Å²) in [5.41, 5.74) is 1.09. The molecule has 6 aliphatic rings. The normalized spacial score (nSPS) is 33.5. The number of carbonyl (C=O) groups excluding carboxylic acids is 1. The van der Waals surface area contributed by atoms with Gasteiger partial charge in [-0.25, -0.2) is 0 Å². The Morgan fingerprint density at radius 2 is 1.65 bits per heavy atom. The van der Waals surface area contributed by atoms with E-state index in [9.17, 15) is 4.79 Å². The van der Waals surface area contributed by atoms with Crippen molar-refractivity contribution in [3.8, 4) is 11.5 Å². The first-order valence-electron chi connectivity index (χ1n) is 11.8. The van der Waals surface area contributed by atoms with Gasteiger partial charge < -0.3 is 19.7 Å². The van der Waals surface area contributed by atoms with Gasteiger partial charge in [-0.15, -0.1) is 0 Å². The van der Waals surface area contributed by atoms with Gasteiger partial charge in [-0.05, 0) is 86.2 Å². The molecular formula is C24H31N3O3S. The Kier molecular flexibility index (Phi) is 4.87. The van der Waals surface area contributed by atoms with Crippen LogP contribution in [0.15, 0.2) is 18.2 Å². The quantitative estimate of drug-likeness (QED) is 0.728. The van der Waals surface area contributed by atoms with E-state index >= 15 is 0 Å². The molecule has 31 heavy (non-hydrogen) atoms. The molecule has 4 aliphatic carbocycles. The summed E-state index contributed by atoms with van der Waals surface area (Å²) in [6, 6.07) is 6.17. The van der Waals surface area contributed by atoms with Crippen LogP contribution in [0, 0.1) is 23.2 Å². The highest BCUT2D eigenvalue weighted by atomic mass is 32.1. The van der Waals surface area contributed by atoms with Gasteiger partial charge in [0.25, 0.3) is 0 Å². The lowest BCUT2D eigenvalue weighted by Gasteiger charge is -2.55. The fourth-order valence-corrected chi connectivity index (χ4v) is 7.38. The van der Waals surface area contributed by atoms with Crippen molar-refractivity contribution in [1.29, 1.82) is 0 Å². The first kappa shape index (κ1) is 19.8. The Bertz CT molecular complexity index is 861. The van der Waals surface area contributed by atoms with E-state index < -0.39 is 0 Å². The van der Waals surface area contributed by atoms with Crippen molar-refractivity contribution in [2.75, 3.05) is 33.0 Å². The number of ether oxygens (including phenoxy) is 2. The summed E-state index contributed by atoms with van der Waals surface area (Å²) in [7, 11) is 0. The van der Waals surface area contributed by atoms with Crippen LogP contribution in [-0.2, 0) is 11.3 Å². The highest BCUT2D eigenvalue weighted by molar-refractivity contribution is 7.80. The lowest BCUT2D eigenvalue weighted by molar-refractivity contribution is -0.144. The van der Waals surface area contributed by atoms with Crippen LogP contribution in [-0.4, -0.2) is 53.8 Å². The predicted molar refractivity (Wildman–Crippen MR) is 121 cm³/mol. The number of benzene rings is 1. The number of hydrogen-bond donors (Lipinski definition) is 1. The summed E-state index contributed by atoms with van der Waals surface area (Å²) >= 11 is 5.67. The molecule has 2 aliphatic heterocycles. The van der Waals surface area contributed by atoms with E-state index in [0.29, 0.717) is 11.9 Å². The second-order valence-electron chi connectivity index (χ2n) is 10.4. The van der Waals surface area contributed by atoms with E-state index in [-0.39, 0.29) is 11.3 Å². The molecule has 5 fully saturated rings. The molecule has 166 valence electrons. The number of amides is 1. The van der Waals surface area contributed by atoms with E-state index in [1.807, 2.05) is 6.07 Å². The zero-order valence-corrected chi connectivity index (χ0v) is 18.8. The van der Waals surface area contributed by atoms with E-state index in [2.05, 4.69) is 27.2 Å². The second kappa shape index (κ2) is 7.62. The number of hydrogen-bond acceptors (Lipinski definition) is 5. The Labute approximate surface area is 189 Å². The van der Waals surface area contributed by atoms with Crippen molar-refractivity contribution in [3.05, 3.63) is 23.8 Å². The standard InChI is InChI=1S/C24H31N3O3S/c28-22(24-11-17-7-18(12-24)9-19(8-17)13-24)25-23(31)27-5-3-26(4-6-27)14-16-1-2-20-21(10-16)30-15-29-20/h1-2,10,17-19H,3-9,11-15H2,(H,25,28,31). The van der Waals surface area contributed by atoms with Gasteiger partial charge in [0, 0.05) is 32.7 Å². The van der Waals surface area contributed by atoms with Crippen LogP contribution < -0.4 is 14.8 Å². The smallest absolute Gasteiger partial charge is 0.232 e. The molecule has 4 bridgehead atoms. The molecule has 7 heteroatoms. The summed E-state index contributed by atoms with van der Waals surface area (Å²) in [5, 5.41) is 3.80. The number of rotatable bonds is 3. The molecule has 1 amide bonds. The molecule has 1 aromatic rings. The average Bonchev–Trinajstić information content (AvgIpc) is 3.21. The number of nitrogens with zero attached hydrogens (tertiary/aromatic N) is 2. The fourth-order valence-electron chi connectivity index (χ4n) is 7.10. The largest absolute Gasteiger partial charge is 0.454 e. The van der Waals surface area contributed by atoms with Crippen LogP contribution in [0.1, 0.15) is 44.1 Å². The van der Waals surface area contributed by atoms with Crippen LogP contribution in [0.25, 0.3) is 0 Å². The van der Waals surface area contributed by atoms with Crippen molar-refractivity contribution in [2.45, 2.75) is 45.1 Å².